The number of benzene rings is 1. The van der Waals surface area contributed by atoms with E-state index >= 15 is 0 Å². The molecule has 1 aliphatic carbocycles. The maximum Gasteiger partial charge on any atom is 0.233 e. The number of hydrogen-bond donors (Lipinski definition) is 1. The maximum atomic E-state index is 13.4. The lowest BCUT2D eigenvalue weighted by Gasteiger charge is -2.33. The second-order valence-electron chi connectivity index (χ2n) is 7.29. The number of nitrogens with zero attached hydrogens (tertiary/aromatic N) is 1. The molecule has 1 aromatic carbocycles. The number of ether oxygens (including phenoxy) is 2. The Bertz CT molecular complexity index is 697. The number of amides is 2. The number of hydrogen-bond acceptors (Lipinski definition) is 4. The highest BCUT2D eigenvalue weighted by molar-refractivity contribution is 5.90. The van der Waals surface area contributed by atoms with E-state index in [1.807, 2.05) is 23.1 Å². The molecule has 0 bridgehead atoms. The minimum Gasteiger partial charge on any atom is -0.486 e. The van der Waals surface area contributed by atoms with Gasteiger partial charge in [-0.05, 0) is 37.0 Å². The number of carbonyl (C=O) groups excluding carboxylic acids is 2. The van der Waals surface area contributed by atoms with E-state index in [-0.39, 0.29) is 17.7 Å². The number of rotatable bonds is 3. The van der Waals surface area contributed by atoms with Crippen molar-refractivity contribution in [3.05, 3.63) is 23.8 Å². The quantitative estimate of drug-likeness (QED) is 0.903. The summed E-state index contributed by atoms with van der Waals surface area (Å²) in [6.45, 7) is 2.14. The third-order valence-electron chi connectivity index (χ3n) is 5.84. The van der Waals surface area contributed by atoms with Crippen LogP contribution < -0.4 is 15.2 Å². The summed E-state index contributed by atoms with van der Waals surface area (Å²) in [6.07, 6.45) is 4.41. The van der Waals surface area contributed by atoms with E-state index in [2.05, 4.69) is 0 Å². The predicted octanol–water partition coefficient (Wildman–Crippen LogP) is 1.60. The Labute approximate surface area is 147 Å². The Morgan fingerprint density at radius 2 is 1.84 bits per heavy atom. The van der Waals surface area contributed by atoms with Crippen molar-refractivity contribution in [2.24, 2.45) is 11.7 Å². The first-order valence-corrected chi connectivity index (χ1v) is 9.09. The van der Waals surface area contributed by atoms with Gasteiger partial charge < -0.3 is 20.1 Å². The van der Waals surface area contributed by atoms with E-state index in [0.717, 1.165) is 42.7 Å². The van der Waals surface area contributed by atoms with Gasteiger partial charge in [0.1, 0.15) is 13.2 Å². The van der Waals surface area contributed by atoms with Crippen molar-refractivity contribution in [1.29, 1.82) is 0 Å². The lowest BCUT2D eigenvalue weighted by molar-refractivity contribution is -0.136. The summed E-state index contributed by atoms with van der Waals surface area (Å²) < 4.78 is 11.3. The van der Waals surface area contributed by atoms with Crippen LogP contribution in [0.5, 0.6) is 11.5 Å². The molecular formula is C19H24N2O4. The van der Waals surface area contributed by atoms with Gasteiger partial charge in [0.2, 0.25) is 11.8 Å². The van der Waals surface area contributed by atoms with Gasteiger partial charge in [0, 0.05) is 13.1 Å². The maximum absolute atomic E-state index is 13.4. The molecule has 6 nitrogen and oxygen atoms in total. The molecule has 3 aliphatic rings. The first-order chi connectivity index (χ1) is 12.1. The Morgan fingerprint density at radius 3 is 2.52 bits per heavy atom. The number of fused-ring (bicyclic) bond motifs is 1. The predicted molar refractivity (Wildman–Crippen MR) is 91.5 cm³/mol. The van der Waals surface area contributed by atoms with Crippen LogP contribution in [0.1, 0.15) is 37.7 Å². The fraction of sp³-hybridized carbons (Fsp3) is 0.579. The van der Waals surface area contributed by atoms with Gasteiger partial charge in [0.05, 0.1) is 11.3 Å². The van der Waals surface area contributed by atoms with E-state index in [1.54, 1.807) is 0 Å². The molecule has 0 spiro atoms. The van der Waals surface area contributed by atoms with Crippen LogP contribution in [-0.2, 0) is 15.0 Å². The standard InChI is InChI=1S/C19H24N2O4/c20-17(22)13-5-8-21(12-13)18(23)19(6-1-2-7-19)14-3-4-15-16(11-14)25-10-9-24-15/h3-4,11,13H,1-2,5-10,12H2,(H2,20,22). The summed E-state index contributed by atoms with van der Waals surface area (Å²) in [5, 5.41) is 0. The number of primary amides is 1. The minimum atomic E-state index is -0.512. The van der Waals surface area contributed by atoms with Crippen molar-refractivity contribution in [1.82, 2.24) is 4.90 Å². The van der Waals surface area contributed by atoms with Gasteiger partial charge in [0.15, 0.2) is 11.5 Å². The fourth-order valence-corrected chi connectivity index (χ4v) is 4.43. The summed E-state index contributed by atoms with van der Waals surface area (Å²) in [7, 11) is 0. The van der Waals surface area contributed by atoms with Crippen LogP contribution in [0.4, 0.5) is 0 Å². The van der Waals surface area contributed by atoms with Gasteiger partial charge >= 0.3 is 0 Å². The zero-order chi connectivity index (χ0) is 17.4. The van der Waals surface area contributed by atoms with Gasteiger partial charge in [-0.15, -0.1) is 0 Å². The molecule has 1 aromatic rings. The van der Waals surface area contributed by atoms with E-state index in [0.29, 0.717) is 32.7 Å². The molecule has 6 heteroatoms. The average Bonchev–Trinajstić information content (AvgIpc) is 3.31. The zero-order valence-electron chi connectivity index (χ0n) is 14.3. The Morgan fingerprint density at radius 1 is 1.12 bits per heavy atom. The highest BCUT2D eigenvalue weighted by Crippen LogP contribution is 2.46. The van der Waals surface area contributed by atoms with Gasteiger partial charge in [0.25, 0.3) is 0 Å². The highest BCUT2D eigenvalue weighted by Gasteiger charge is 2.47. The Kier molecular flexibility index (Phi) is 4.06. The van der Waals surface area contributed by atoms with Crippen LogP contribution in [0.25, 0.3) is 0 Å². The summed E-state index contributed by atoms with van der Waals surface area (Å²) >= 11 is 0. The molecule has 2 heterocycles. The van der Waals surface area contributed by atoms with Crippen molar-refractivity contribution in [2.45, 2.75) is 37.5 Å². The van der Waals surface area contributed by atoms with E-state index < -0.39 is 5.41 Å². The van der Waals surface area contributed by atoms with Crippen molar-refractivity contribution in [3.8, 4) is 11.5 Å². The molecule has 25 heavy (non-hydrogen) atoms. The Hall–Kier alpha value is -2.24. The number of nitrogens with two attached hydrogens (primary N) is 1. The molecule has 4 rings (SSSR count). The van der Waals surface area contributed by atoms with Gasteiger partial charge in [-0.25, -0.2) is 0 Å². The monoisotopic (exact) mass is 344 g/mol. The summed E-state index contributed by atoms with van der Waals surface area (Å²) in [5.41, 5.74) is 5.92. The second kappa shape index (κ2) is 6.24. The first kappa shape index (κ1) is 16.2. The van der Waals surface area contributed by atoms with Crippen molar-refractivity contribution in [3.63, 3.8) is 0 Å². The third-order valence-corrected chi connectivity index (χ3v) is 5.84. The summed E-state index contributed by atoms with van der Waals surface area (Å²) in [5.74, 6) is 1.06. The van der Waals surface area contributed by atoms with Crippen LogP contribution in [0.2, 0.25) is 0 Å². The molecule has 1 saturated carbocycles. The fourth-order valence-electron chi connectivity index (χ4n) is 4.43. The zero-order valence-corrected chi connectivity index (χ0v) is 14.3. The van der Waals surface area contributed by atoms with Crippen LogP contribution in [0.3, 0.4) is 0 Å². The molecule has 2 aliphatic heterocycles. The molecule has 1 atom stereocenters. The summed E-state index contributed by atoms with van der Waals surface area (Å²) in [4.78, 5) is 26.7. The van der Waals surface area contributed by atoms with E-state index in [4.69, 9.17) is 15.2 Å². The van der Waals surface area contributed by atoms with Gasteiger partial charge in [-0.1, -0.05) is 18.9 Å². The molecule has 1 unspecified atom stereocenters. The van der Waals surface area contributed by atoms with Crippen molar-refractivity contribution in [2.75, 3.05) is 26.3 Å². The lowest BCUT2D eigenvalue weighted by Crippen LogP contribution is -2.45. The second-order valence-corrected chi connectivity index (χ2v) is 7.29. The van der Waals surface area contributed by atoms with Crippen LogP contribution >= 0.6 is 0 Å². The Balaban J connectivity index is 1.64. The van der Waals surface area contributed by atoms with E-state index in [1.165, 1.54) is 0 Å². The first-order valence-electron chi connectivity index (χ1n) is 9.09. The number of carbonyl (C=O) groups is 2. The topological polar surface area (TPSA) is 81.9 Å². The SMILES string of the molecule is NC(=O)C1CCN(C(=O)C2(c3ccc4c(c3)OCCO4)CCCC2)C1. The normalized spacial score (nSPS) is 24.3. The average molecular weight is 344 g/mol. The van der Waals surface area contributed by atoms with Gasteiger partial charge in [-0.3, -0.25) is 9.59 Å². The molecule has 2 N–H and O–H groups in total. The van der Waals surface area contributed by atoms with Crippen molar-refractivity contribution >= 4 is 11.8 Å². The molecule has 1 saturated heterocycles. The minimum absolute atomic E-state index is 0.130. The van der Waals surface area contributed by atoms with Crippen LogP contribution in [-0.4, -0.2) is 43.0 Å². The molecule has 134 valence electrons. The molecular weight excluding hydrogens is 320 g/mol. The van der Waals surface area contributed by atoms with Gasteiger partial charge in [-0.2, -0.15) is 0 Å². The lowest BCUT2D eigenvalue weighted by atomic mass is 9.77. The number of likely N-dealkylation sites (tertiary alicyclic amines) is 1. The van der Waals surface area contributed by atoms with E-state index in [9.17, 15) is 9.59 Å². The molecule has 0 radical (unpaired) electrons. The highest BCUT2D eigenvalue weighted by atomic mass is 16.6. The van der Waals surface area contributed by atoms with Crippen LogP contribution in [0, 0.1) is 5.92 Å². The van der Waals surface area contributed by atoms with Crippen molar-refractivity contribution < 1.29 is 19.1 Å². The molecule has 0 aromatic heterocycles. The third kappa shape index (κ3) is 2.73. The largest absolute Gasteiger partial charge is 0.486 e. The smallest absolute Gasteiger partial charge is 0.233 e. The molecule has 2 fully saturated rings. The summed E-state index contributed by atoms with van der Waals surface area (Å²) in [6, 6.07) is 5.88. The molecule has 2 amide bonds. The van der Waals surface area contributed by atoms with Crippen LogP contribution in [0.15, 0.2) is 18.2 Å².